The summed E-state index contributed by atoms with van der Waals surface area (Å²) in [4.78, 5) is 35.3. The Balaban J connectivity index is 1.45. The summed E-state index contributed by atoms with van der Waals surface area (Å²) in [5.41, 5.74) is 3.68. The van der Waals surface area contributed by atoms with Gasteiger partial charge in [0.1, 0.15) is 12.3 Å². The third-order valence-electron chi connectivity index (χ3n) is 5.28. The number of hydrogen-bond acceptors (Lipinski definition) is 5. The standard InChI is InChI=1S/C23H20BrClN4O3/c1-13(14-4-3-5-17(8-14)32-2)27-20(30)12-29-11-16-7-6-15(9-18(16)22(29)31)21-19(24)10-26-23(25)28-21/h3-10,13H,11-12H2,1-2H3,(H,27,30). The topological polar surface area (TPSA) is 84.4 Å². The van der Waals surface area contributed by atoms with E-state index in [0.717, 1.165) is 22.4 Å². The summed E-state index contributed by atoms with van der Waals surface area (Å²) in [7, 11) is 1.60. The molecule has 1 unspecified atom stereocenters. The Morgan fingerprint density at radius 3 is 2.91 bits per heavy atom. The average molecular weight is 516 g/mol. The number of aromatic nitrogens is 2. The van der Waals surface area contributed by atoms with Crippen LogP contribution in [-0.4, -0.2) is 40.3 Å². The van der Waals surface area contributed by atoms with Crippen LogP contribution in [0.2, 0.25) is 5.28 Å². The minimum Gasteiger partial charge on any atom is -0.497 e. The number of carbonyl (C=O) groups is 2. The SMILES string of the molecule is COc1cccc(C(C)NC(=O)CN2Cc3ccc(-c4nc(Cl)ncc4Br)cc3C2=O)c1. The predicted molar refractivity (Wildman–Crippen MR) is 124 cm³/mol. The van der Waals surface area contributed by atoms with Crippen LogP contribution in [0.3, 0.4) is 0 Å². The molecule has 2 amide bonds. The fourth-order valence-electron chi connectivity index (χ4n) is 3.64. The van der Waals surface area contributed by atoms with E-state index in [4.69, 9.17) is 16.3 Å². The molecule has 7 nitrogen and oxygen atoms in total. The molecule has 2 aromatic carbocycles. The summed E-state index contributed by atoms with van der Waals surface area (Å²) in [6, 6.07) is 12.8. The Labute approximate surface area is 198 Å². The number of carbonyl (C=O) groups excluding carboxylic acids is 2. The number of methoxy groups -OCH3 is 1. The Hall–Kier alpha value is -2.97. The van der Waals surface area contributed by atoms with Crippen LogP contribution in [0.4, 0.5) is 0 Å². The van der Waals surface area contributed by atoms with Gasteiger partial charge in [0, 0.05) is 23.9 Å². The molecular weight excluding hydrogens is 496 g/mol. The van der Waals surface area contributed by atoms with Crippen LogP contribution in [-0.2, 0) is 11.3 Å². The monoisotopic (exact) mass is 514 g/mol. The van der Waals surface area contributed by atoms with Gasteiger partial charge in [0.25, 0.3) is 5.91 Å². The van der Waals surface area contributed by atoms with Crippen molar-refractivity contribution in [3.05, 3.63) is 75.1 Å². The molecule has 1 aromatic heterocycles. The normalized spacial score (nSPS) is 13.6. The van der Waals surface area contributed by atoms with Crippen LogP contribution >= 0.6 is 27.5 Å². The molecule has 1 N–H and O–H groups in total. The van der Waals surface area contributed by atoms with Crippen molar-refractivity contribution in [1.29, 1.82) is 0 Å². The van der Waals surface area contributed by atoms with Crippen LogP contribution in [0.15, 0.2) is 53.1 Å². The lowest BCUT2D eigenvalue weighted by molar-refractivity contribution is -0.122. The number of ether oxygens (including phenoxy) is 1. The lowest BCUT2D eigenvalue weighted by Crippen LogP contribution is -2.38. The van der Waals surface area contributed by atoms with Gasteiger partial charge in [0.2, 0.25) is 11.2 Å². The van der Waals surface area contributed by atoms with Crippen LogP contribution in [0.5, 0.6) is 5.75 Å². The highest BCUT2D eigenvalue weighted by molar-refractivity contribution is 9.10. The first-order valence-corrected chi connectivity index (χ1v) is 11.1. The number of nitrogens with one attached hydrogen (secondary N) is 1. The van der Waals surface area contributed by atoms with Crippen LogP contribution < -0.4 is 10.1 Å². The second-order valence-electron chi connectivity index (χ2n) is 7.43. The summed E-state index contributed by atoms with van der Waals surface area (Å²) >= 11 is 9.34. The van der Waals surface area contributed by atoms with E-state index in [0.29, 0.717) is 22.3 Å². The van der Waals surface area contributed by atoms with Gasteiger partial charge in [-0.3, -0.25) is 9.59 Å². The maximum absolute atomic E-state index is 13.0. The Bertz CT molecular complexity index is 1200. The van der Waals surface area contributed by atoms with Gasteiger partial charge in [-0.05, 0) is 63.8 Å². The van der Waals surface area contributed by atoms with Gasteiger partial charge in [-0.2, -0.15) is 0 Å². The van der Waals surface area contributed by atoms with Crippen molar-refractivity contribution >= 4 is 39.3 Å². The van der Waals surface area contributed by atoms with Gasteiger partial charge in [0.15, 0.2) is 0 Å². The summed E-state index contributed by atoms with van der Waals surface area (Å²) in [6.07, 6.45) is 1.57. The molecule has 164 valence electrons. The summed E-state index contributed by atoms with van der Waals surface area (Å²) in [5, 5.41) is 3.07. The van der Waals surface area contributed by atoms with Crippen LogP contribution in [0.25, 0.3) is 11.3 Å². The van der Waals surface area contributed by atoms with Gasteiger partial charge >= 0.3 is 0 Å². The lowest BCUT2D eigenvalue weighted by atomic mass is 10.0. The first kappa shape index (κ1) is 22.2. The number of halogens is 2. The summed E-state index contributed by atoms with van der Waals surface area (Å²) in [5.74, 6) is 0.301. The van der Waals surface area contributed by atoms with E-state index >= 15 is 0 Å². The number of benzene rings is 2. The molecule has 9 heteroatoms. The largest absolute Gasteiger partial charge is 0.497 e. The molecule has 3 aromatic rings. The Morgan fingerprint density at radius 1 is 1.31 bits per heavy atom. The first-order valence-electron chi connectivity index (χ1n) is 9.89. The van der Waals surface area contributed by atoms with Gasteiger partial charge in [-0.15, -0.1) is 0 Å². The molecule has 0 saturated heterocycles. The van der Waals surface area contributed by atoms with Gasteiger partial charge in [0.05, 0.1) is 23.3 Å². The molecule has 0 radical (unpaired) electrons. The highest BCUT2D eigenvalue weighted by Crippen LogP contribution is 2.31. The van der Waals surface area contributed by atoms with Crippen LogP contribution in [0, 0.1) is 0 Å². The van der Waals surface area contributed by atoms with E-state index in [9.17, 15) is 9.59 Å². The quantitative estimate of drug-likeness (QED) is 0.492. The smallest absolute Gasteiger partial charge is 0.254 e. The van der Waals surface area contributed by atoms with E-state index in [1.807, 2.05) is 43.3 Å². The number of amides is 2. The van der Waals surface area contributed by atoms with Gasteiger partial charge in [-0.1, -0.05) is 24.3 Å². The molecule has 0 bridgehead atoms. The highest BCUT2D eigenvalue weighted by atomic mass is 79.9. The van der Waals surface area contributed by atoms with Crippen molar-refractivity contribution in [1.82, 2.24) is 20.2 Å². The molecule has 0 aliphatic carbocycles. The molecule has 0 saturated carbocycles. The summed E-state index contributed by atoms with van der Waals surface area (Å²) in [6.45, 7) is 2.24. The molecule has 0 spiro atoms. The maximum atomic E-state index is 13.0. The van der Waals surface area contributed by atoms with Gasteiger partial charge in [-0.25, -0.2) is 9.97 Å². The third kappa shape index (κ3) is 4.61. The second kappa shape index (κ2) is 9.26. The zero-order valence-electron chi connectivity index (χ0n) is 17.4. The zero-order valence-corrected chi connectivity index (χ0v) is 19.8. The van der Waals surface area contributed by atoms with E-state index in [1.54, 1.807) is 19.4 Å². The fourth-order valence-corrected chi connectivity index (χ4v) is 4.19. The predicted octanol–water partition coefficient (Wildman–Crippen LogP) is 4.40. The first-order chi connectivity index (χ1) is 15.4. The zero-order chi connectivity index (χ0) is 22.8. The molecule has 1 aliphatic rings. The van der Waals surface area contributed by atoms with E-state index in [1.165, 1.54) is 4.90 Å². The number of hydrogen-bond donors (Lipinski definition) is 1. The van der Waals surface area contributed by atoms with E-state index in [2.05, 4.69) is 31.2 Å². The van der Waals surface area contributed by atoms with E-state index in [-0.39, 0.29) is 29.7 Å². The fraction of sp³-hybridized carbons (Fsp3) is 0.217. The lowest BCUT2D eigenvalue weighted by Gasteiger charge is -2.19. The Morgan fingerprint density at radius 2 is 2.12 bits per heavy atom. The van der Waals surface area contributed by atoms with Crippen molar-refractivity contribution in [3.8, 4) is 17.0 Å². The average Bonchev–Trinajstić information content (AvgIpc) is 3.09. The molecule has 1 aliphatic heterocycles. The number of fused-ring (bicyclic) bond motifs is 1. The summed E-state index contributed by atoms with van der Waals surface area (Å²) < 4.78 is 5.92. The van der Waals surface area contributed by atoms with Gasteiger partial charge < -0.3 is 15.0 Å². The Kier molecular flexibility index (Phi) is 6.43. The van der Waals surface area contributed by atoms with Crippen LogP contribution in [0.1, 0.15) is 34.5 Å². The molecular formula is C23H20BrClN4O3. The maximum Gasteiger partial charge on any atom is 0.254 e. The molecule has 0 fully saturated rings. The van der Waals surface area contributed by atoms with Crippen molar-refractivity contribution in [3.63, 3.8) is 0 Å². The number of rotatable bonds is 6. The molecule has 4 rings (SSSR count). The van der Waals surface area contributed by atoms with Crippen molar-refractivity contribution in [2.75, 3.05) is 13.7 Å². The van der Waals surface area contributed by atoms with Crippen molar-refractivity contribution < 1.29 is 14.3 Å². The van der Waals surface area contributed by atoms with Crippen molar-refractivity contribution in [2.24, 2.45) is 0 Å². The number of nitrogens with zero attached hydrogens (tertiary/aromatic N) is 3. The third-order valence-corrected chi connectivity index (χ3v) is 6.05. The second-order valence-corrected chi connectivity index (χ2v) is 8.63. The van der Waals surface area contributed by atoms with Crippen molar-refractivity contribution in [2.45, 2.75) is 19.5 Å². The minimum absolute atomic E-state index is 0.0276. The highest BCUT2D eigenvalue weighted by Gasteiger charge is 2.29. The van der Waals surface area contributed by atoms with E-state index < -0.39 is 0 Å². The molecule has 1 atom stereocenters. The molecule has 2 heterocycles. The molecule has 32 heavy (non-hydrogen) atoms. The minimum atomic E-state index is -0.230.